The van der Waals surface area contributed by atoms with E-state index in [0.717, 1.165) is 19.5 Å². The normalized spacial score (nSPS) is 31.2. The number of halogens is 2. The highest BCUT2D eigenvalue weighted by atomic mass is 19.3. The van der Waals surface area contributed by atoms with Crippen molar-refractivity contribution in [1.29, 1.82) is 0 Å². The van der Waals surface area contributed by atoms with Gasteiger partial charge in [0.25, 0.3) is 6.43 Å². The minimum Gasteiger partial charge on any atom is -0.311 e. The van der Waals surface area contributed by atoms with Gasteiger partial charge in [0.15, 0.2) is 0 Å². The lowest BCUT2D eigenvalue weighted by Crippen LogP contribution is -2.56. The number of nitrogens with zero attached hydrogens (tertiary/aromatic N) is 1. The maximum Gasteiger partial charge on any atom is 0.251 e. The van der Waals surface area contributed by atoms with Gasteiger partial charge in [0.1, 0.15) is 0 Å². The van der Waals surface area contributed by atoms with Crippen LogP contribution in [0.2, 0.25) is 0 Å². The minimum absolute atomic E-state index is 0.0788. The van der Waals surface area contributed by atoms with Crippen LogP contribution in [0.5, 0.6) is 0 Å². The van der Waals surface area contributed by atoms with Crippen molar-refractivity contribution in [2.24, 2.45) is 0 Å². The fourth-order valence-electron chi connectivity index (χ4n) is 1.84. The molecule has 4 heteroatoms. The molecule has 0 aromatic rings. The van der Waals surface area contributed by atoms with Gasteiger partial charge >= 0.3 is 0 Å². The van der Waals surface area contributed by atoms with Crippen molar-refractivity contribution >= 4 is 0 Å². The van der Waals surface area contributed by atoms with Crippen molar-refractivity contribution in [3.05, 3.63) is 0 Å². The van der Waals surface area contributed by atoms with Gasteiger partial charge in [-0.15, -0.1) is 0 Å². The Kier molecular flexibility index (Phi) is 4.06. The molecule has 0 radical (unpaired) electrons. The molecule has 1 N–H and O–H groups in total. The van der Waals surface area contributed by atoms with E-state index in [9.17, 15) is 8.78 Å². The van der Waals surface area contributed by atoms with Gasteiger partial charge in [-0.1, -0.05) is 6.92 Å². The Morgan fingerprint density at radius 2 is 2.23 bits per heavy atom. The van der Waals surface area contributed by atoms with E-state index in [4.69, 9.17) is 0 Å². The largest absolute Gasteiger partial charge is 0.311 e. The maximum absolute atomic E-state index is 12.2. The first-order valence-corrected chi connectivity index (χ1v) is 4.89. The lowest BCUT2D eigenvalue weighted by Gasteiger charge is -2.38. The van der Waals surface area contributed by atoms with Crippen LogP contribution in [0.4, 0.5) is 8.78 Å². The van der Waals surface area contributed by atoms with E-state index in [2.05, 4.69) is 5.32 Å². The summed E-state index contributed by atoms with van der Waals surface area (Å²) in [4.78, 5) is 1.89. The fourth-order valence-corrected chi connectivity index (χ4v) is 1.84. The standard InChI is InChI=1S/C9H18F2N2/c1-3-8-4-12-7(2)5-13(8)6-9(10)11/h7-9,12H,3-6H2,1-2H3. The van der Waals surface area contributed by atoms with E-state index < -0.39 is 6.43 Å². The molecule has 0 bridgehead atoms. The van der Waals surface area contributed by atoms with E-state index in [1.54, 1.807) is 0 Å². The Bertz CT molecular complexity index is 151. The number of hydrogen-bond donors (Lipinski definition) is 1. The van der Waals surface area contributed by atoms with Gasteiger partial charge in [-0.25, -0.2) is 8.78 Å². The molecule has 0 aromatic heterocycles. The van der Waals surface area contributed by atoms with Crippen LogP contribution in [0, 0.1) is 0 Å². The van der Waals surface area contributed by atoms with Crippen LogP contribution >= 0.6 is 0 Å². The number of hydrogen-bond acceptors (Lipinski definition) is 2. The summed E-state index contributed by atoms with van der Waals surface area (Å²) in [6, 6.07) is 0.617. The molecule has 1 saturated heterocycles. The van der Waals surface area contributed by atoms with Crippen LogP contribution in [-0.4, -0.2) is 43.0 Å². The van der Waals surface area contributed by atoms with Gasteiger partial charge in [-0.2, -0.15) is 0 Å². The molecule has 1 fully saturated rings. The smallest absolute Gasteiger partial charge is 0.251 e. The van der Waals surface area contributed by atoms with Gasteiger partial charge in [0.2, 0.25) is 0 Å². The Morgan fingerprint density at radius 1 is 1.54 bits per heavy atom. The molecule has 2 atom stereocenters. The van der Waals surface area contributed by atoms with Crippen molar-refractivity contribution in [2.75, 3.05) is 19.6 Å². The second-order valence-electron chi connectivity index (χ2n) is 3.72. The topological polar surface area (TPSA) is 15.3 Å². The zero-order valence-electron chi connectivity index (χ0n) is 8.26. The van der Waals surface area contributed by atoms with Gasteiger partial charge in [-0.3, -0.25) is 4.90 Å². The van der Waals surface area contributed by atoms with E-state index in [-0.39, 0.29) is 12.6 Å². The highest BCUT2D eigenvalue weighted by molar-refractivity contribution is 4.83. The molecule has 0 amide bonds. The highest BCUT2D eigenvalue weighted by Crippen LogP contribution is 2.11. The molecule has 1 aliphatic heterocycles. The molecule has 2 unspecified atom stereocenters. The van der Waals surface area contributed by atoms with Crippen LogP contribution < -0.4 is 5.32 Å². The highest BCUT2D eigenvalue weighted by Gasteiger charge is 2.26. The summed E-state index contributed by atoms with van der Waals surface area (Å²) >= 11 is 0. The molecular formula is C9H18F2N2. The molecule has 2 nitrogen and oxygen atoms in total. The fraction of sp³-hybridized carbons (Fsp3) is 1.00. The third-order valence-electron chi connectivity index (χ3n) is 2.57. The van der Waals surface area contributed by atoms with Gasteiger partial charge in [0.05, 0.1) is 6.54 Å². The van der Waals surface area contributed by atoms with Crippen molar-refractivity contribution < 1.29 is 8.78 Å². The number of nitrogens with one attached hydrogen (secondary N) is 1. The lowest BCUT2D eigenvalue weighted by atomic mass is 10.1. The van der Waals surface area contributed by atoms with E-state index >= 15 is 0 Å². The molecule has 78 valence electrons. The SMILES string of the molecule is CCC1CNC(C)CN1CC(F)F. The van der Waals surface area contributed by atoms with Gasteiger partial charge in [0, 0.05) is 25.2 Å². The second-order valence-corrected chi connectivity index (χ2v) is 3.72. The summed E-state index contributed by atoms with van der Waals surface area (Å²) in [5.41, 5.74) is 0. The monoisotopic (exact) mass is 192 g/mol. The summed E-state index contributed by atoms with van der Waals surface area (Å²) < 4.78 is 24.4. The zero-order valence-corrected chi connectivity index (χ0v) is 8.26. The third-order valence-corrected chi connectivity index (χ3v) is 2.57. The van der Waals surface area contributed by atoms with E-state index in [1.165, 1.54) is 0 Å². The Morgan fingerprint density at radius 3 is 2.77 bits per heavy atom. The Labute approximate surface area is 78.3 Å². The molecule has 1 heterocycles. The molecule has 0 aliphatic carbocycles. The summed E-state index contributed by atoms with van der Waals surface area (Å²) in [5, 5.41) is 3.30. The van der Waals surface area contributed by atoms with Crippen molar-refractivity contribution in [3.8, 4) is 0 Å². The molecule has 0 spiro atoms. The van der Waals surface area contributed by atoms with Crippen molar-refractivity contribution in [1.82, 2.24) is 10.2 Å². The van der Waals surface area contributed by atoms with Crippen LogP contribution in [0.15, 0.2) is 0 Å². The van der Waals surface area contributed by atoms with Crippen LogP contribution in [0.1, 0.15) is 20.3 Å². The first kappa shape index (κ1) is 10.9. The predicted octanol–water partition coefficient (Wildman–Crippen LogP) is 1.32. The van der Waals surface area contributed by atoms with Crippen LogP contribution in [0.3, 0.4) is 0 Å². The van der Waals surface area contributed by atoms with Crippen molar-refractivity contribution in [2.45, 2.75) is 38.8 Å². The Balaban J connectivity index is 2.44. The van der Waals surface area contributed by atoms with Crippen LogP contribution in [0.25, 0.3) is 0 Å². The minimum atomic E-state index is -2.21. The summed E-state index contributed by atoms with van der Waals surface area (Å²) in [5.74, 6) is 0. The third kappa shape index (κ3) is 3.19. The molecule has 1 rings (SSSR count). The van der Waals surface area contributed by atoms with Gasteiger partial charge < -0.3 is 5.32 Å². The molecule has 0 aromatic carbocycles. The Hall–Kier alpha value is -0.220. The van der Waals surface area contributed by atoms with Crippen molar-refractivity contribution in [3.63, 3.8) is 0 Å². The molecule has 1 aliphatic rings. The predicted molar refractivity (Wildman–Crippen MR) is 49.1 cm³/mol. The average molecular weight is 192 g/mol. The van der Waals surface area contributed by atoms with E-state index in [1.807, 2.05) is 18.7 Å². The zero-order chi connectivity index (χ0) is 9.84. The number of piperazine rings is 1. The van der Waals surface area contributed by atoms with Crippen LogP contribution in [-0.2, 0) is 0 Å². The molecule has 0 saturated carbocycles. The summed E-state index contributed by atoms with van der Waals surface area (Å²) in [6.07, 6.45) is -1.27. The first-order chi connectivity index (χ1) is 6.13. The maximum atomic E-state index is 12.2. The first-order valence-electron chi connectivity index (χ1n) is 4.89. The molecular weight excluding hydrogens is 174 g/mol. The summed E-state index contributed by atoms with van der Waals surface area (Å²) in [6.45, 7) is 5.57. The van der Waals surface area contributed by atoms with Gasteiger partial charge in [-0.05, 0) is 13.3 Å². The number of rotatable bonds is 3. The quantitative estimate of drug-likeness (QED) is 0.725. The lowest BCUT2D eigenvalue weighted by molar-refractivity contribution is 0.0440. The second kappa shape index (κ2) is 4.86. The van der Waals surface area contributed by atoms with E-state index in [0.29, 0.717) is 6.04 Å². The average Bonchev–Trinajstić information content (AvgIpc) is 2.03. The number of alkyl halides is 2. The molecule has 13 heavy (non-hydrogen) atoms. The summed E-state index contributed by atoms with van der Waals surface area (Å²) in [7, 11) is 0.